The molecule has 19 heavy (non-hydrogen) atoms. The highest BCUT2D eigenvalue weighted by Crippen LogP contribution is 2.26. The molecule has 3 rings (SSSR count). The van der Waals surface area contributed by atoms with Crippen molar-refractivity contribution in [3.63, 3.8) is 0 Å². The summed E-state index contributed by atoms with van der Waals surface area (Å²) in [6, 6.07) is 12.8. The molecular formula is C15H13FN2S. The molecule has 0 atom stereocenters. The average molecular weight is 272 g/mol. The first kappa shape index (κ1) is 12.1. The summed E-state index contributed by atoms with van der Waals surface area (Å²) < 4.78 is 14.0. The molecular weight excluding hydrogens is 259 g/mol. The molecule has 0 saturated heterocycles. The summed E-state index contributed by atoms with van der Waals surface area (Å²) in [6.07, 6.45) is 0. The van der Waals surface area contributed by atoms with Gasteiger partial charge < -0.3 is 5.32 Å². The molecule has 3 aromatic rings. The number of nitrogens with one attached hydrogen (secondary N) is 1. The average Bonchev–Trinajstić information content (AvgIpc) is 2.80. The number of fused-ring (bicyclic) bond motifs is 1. The normalized spacial score (nSPS) is 10.8. The number of rotatable bonds is 3. The number of nitrogens with zero attached hydrogens (tertiary/aromatic N) is 1. The van der Waals surface area contributed by atoms with E-state index in [1.54, 1.807) is 23.5 Å². The van der Waals surface area contributed by atoms with E-state index in [0.717, 1.165) is 16.2 Å². The van der Waals surface area contributed by atoms with Crippen LogP contribution in [0.15, 0.2) is 42.5 Å². The Balaban J connectivity index is 1.76. The lowest BCUT2D eigenvalue weighted by Gasteiger charge is -2.02. The van der Waals surface area contributed by atoms with Crippen molar-refractivity contribution in [2.24, 2.45) is 0 Å². The fraction of sp³-hybridized carbons (Fsp3) is 0.133. The van der Waals surface area contributed by atoms with Crippen LogP contribution in [0.1, 0.15) is 11.1 Å². The maximum absolute atomic E-state index is 12.8. The summed E-state index contributed by atoms with van der Waals surface area (Å²) in [5, 5.41) is 4.17. The Morgan fingerprint density at radius 3 is 2.74 bits per heavy atom. The van der Waals surface area contributed by atoms with E-state index in [4.69, 9.17) is 0 Å². The molecule has 2 nitrogen and oxygen atoms in total. The Bertz CT molecular complexity index is 704. The number of aryl methyl sites for hydroxylation is 1. The Morgan fingerprint density at radius 1 is 1.16 bits per heavy atom. The number of halogens is 1. The number of hydrogen-bond acceptors (Lipinski definition) is 3. The van der Waals surface area contributed by atoms with E-state index in [1.165, 1.54) is 22.4 Å². The Hall–Kier alpha value is -1.94. The molecule has 0 unspecified atom stereocenters. The third-order valence-corrected chi connectivity index (χ3v) is 3.89. The second-order valence-electron chi connectivity index (χ2n) is 4.47. The summed E-state index contributed by atoms with van der Waals surface area (Å²) in [7, 11) is 0. The summed E-state index contributed by atoms with van der Waals surface area (Å²) >= 11 is 1.63. The van der Waals surface area contributed by atoms with Gasteiger partial charge >= 0.3 is 0 Å². The first-order valence-corrected chi connectivity index (χ1v) is 6.88. The molecule has 0 fully saturated rings. The molecule has 0 aliphatic heterocycles. The molecule has 1 N–H and O–H groups in total. The lowest BCUT2D eigenvalue weighted by molar-refractivity contribution is 0.627. The maximum Gasteiger partial charge on any atom is 0.184 e. The second kappa shape index (κ2) is 4.97. The van der Waals surface area contributed by atoms with E-state index in [0.29, 0.717) is 6.54 Å². The fourth-order valence-corrected chi connectivity index (χ4v) is 2.73. The molecule has 0 aliphatic rings. The van der Waals surface area contributed by atoms with Gasteiger partial charge in [0.05, 0.1) is 10.2 Å². The smallest absolute Gasteiger partial charge is 0.184 e. The zero-order valence-electron chi connectivity index (χ0n) is 10.5. The minimum absolute atomic E-state index is 0.209. The van der Waals surface area contributed by atoms with Crippen molar-refractivity contribution in [2.75, 3.05) is 5.32 Å². The second-order valence-corrected chi connectivity index (χ2v) is 5.50. The van der Waals surface area contributed by atoms with Gasteiger partial charge in [0.1, 0.15) is 5.82 Å². The van der Waals surface area contributed by atoms with Gasteiger partial charge in [0, 0.05) is 6.54 Å². The van der Waals surface area contributed by atoms with E-state index in [9.17, 15) is 4.39 Å². The summed E-state index contributed by atoms with van der Waals surface area (Å²) in [5.74, 6) is -0.209. The highest BCUT2D eigenvalue weighted by atomic mass is 32.1. The van der Waals surface area contributed by atoms with E-state index >= 15 is 0 Å². The SMILES string of the molecule is Cc1ccc2sc(NCc3ccc(F)cc3)nc2c1. The van der Waals surface area contributed by atoms with Gasteiger partial charge in [-0.15, -0.1) is 0 Å². The maximum atomic E-state index is 12.8. The molecule has 0 aliphatic carbocycles. The minimum atomic E-state index is -0.209. The molecule has 1 aromatic heterocycles. The Morgan fingerprint density at radius 2 is 1.95 bits per heavy atom. The third kappa shape index (κ3) is 2.74. The molecule has 0 bridgehead atoms. The lowest BCUT2D eigenvalue weighted by Crippen LogP contribution is -1.98. The molecule has 0 spiro atoms. The van der Waals surface area contributed by atoms with Crippen LogP contribution >= 0.6 is 11.3 Å². The van der Waals surface area contributed by atoms with Crippen LogP contribution in [-0.2, 0) is 6.54 Å². The zero-order valence-corrected chi connectivity index (χ0v) is 11.3. The van der Waals surface area contributed by atoms with Crippen molar-refractivity contribution in [1.29, 1.82) is 0 Å². The predicted octanol–water partition coefficient (Wildman–Crippen LogP) is 4.36. The largest absolute Gasteiger partial charge is 0.357 e. The Labute approximate surface area is 114 Å². The van der Waals surface area contributed by atoms with Gasteiger partial charge in [0.15, 0.2) is 5.13 Å². The van der Waals surface area contributed by atoms with E-state index in [-0.39, 0.29) is 5.82 Å². The van der Waals surface area contributed by atoms with E-state index in [2.05, 4.69) is 35.4 Å². The predicted molar refractivity (Wildman–Crippen MR) is 78.1 cm³/mol. The van der Waals surface area contributed by atoms with Crippen LogP contribution in [0.3, 0.4) is 0 Å². The highest BCUT2D eigenvalue weighted by Gasteiger charge is 2.03. The van der Waals surface area contributed by atoms with Crippen LogP contribution in [0.2, 0.25) is 0 Å². The van der Waals surface area contributed by atoms with Crippen molar-refractivity contribution in [1.82, 2.24) is 4.98 Å². The summed E-state index contributed by atoms with van der Waals surface area (Å²) in [6.45, 7) is 2.71. The van der Waals surface area contributed by atoms with E-state index < -0.39 is 0 Å². The molecule has 1 heterocycles. The number of benzene rings is 2. The molecule has 0 saturated carbocycles. The summed E-state index contributed by atoms with van der Waals surface area (Å²) in [5.41, 5.74) is 3.27. The van der Waals surface area contributed by atoms with Gasteiger partial charge in [-0.05, 0) is 42.3 Å². The standard InChI is InChI=1S/C15H13FN2S/c1-10-2-7-14-13(8-10)18-15(19-14)17-9-11-3-5-12(16)6-4-11/h2-8H,9H2,1H3,(H,17,18). The van der Waals surface area contributed by atoms with Crippen LogP contribution in [-0.4, -0.2) is 4.98 Å². The van der Waals surface area contributed by atoms with Crippen molar-refractivity contribution in [3.8, 4) is 0 Å². The third-order valence-electron chi connectivity index (χ3n) is 2.90. The van der Waals surface area contributed by atoms with Gasteiger partial charge in [0.25, 0.3) is 0 Å². The van der Waals surface area contributed by atoms with E-state index in [1.807, 2.05) is 0 Å². The van der Waals surface area contributed by atoms with Gasteiger partial charge in [-0.2, -0.15) is 0 Å². The van der Waals surface area contributed by atoms with Crippen LogP contribution < -0.4 is 5.32 Å². The van der Waals surface area contributed by atoms with Gasteiger partial charge in [-0.25, -0.2) is 9.37 Å². The monoisotopic (exact) mass is 272 g/mol. The first-order chi connectivity index (χ1) is 9.20. The summed E-state index contributed by atoms with van der Waals surface area (Å²) in [4.78, 5) is 4.54. The molecule has 0 amide bonds. The van der Waals surface area contributed by atoms with Crippen LogP contribution in [0.25, 0.3) is 10.2 Å². The minimum Gasteiger partial charge on any atom is -0.357 e. The highest BCUT2D eigenvalue weighted by molar-refractivity contribution is 7.22. The Kier molecular flexibility index (Phi) is 3.17. The molecule has 4 heteroatoms. The fourth-order valence-electron chi connectivity index (χ4n) is 1.89. The van der Waals surface area contributed by atoms with Crippen molar-refractivity contribution < 1.29 is 4.39 Å². The molecule has 2 aromatic carbocycles. The first-order valence-electron chi connectivity index (χ1n) is 6.06. The van der Waals surface area contributed by atoms with Crippen LogP contribution in [0.5, 0.6) is 0 Å². The van der Waals surface area contributed by atoms with Crippen LogP contribution in [0.4, 0.5) is 9.52 Å². The van der Waals surface area contributed by atoms with Crippen molar-refractivity contribution in [3.05, 3.63) is 59.4 Å². The lowest BCUT2D eigenvalue weighted by atomic mass is 10.2. The number of hydrogen-bond donors (Lipinski definition) is 1. The van der Waals surface area contributed by atoms with Gasteiger partial charge in [0.2, 0.25) is 0 Å². The molecule has 0 radical (unpaired) electrons. The molecule has 96 valence electrons. The zero-order chi connectivity index (χ0) is 13.2. The number of thiazole rings is 1. The quantitative estimate of drug-likeness (QED) is 0.766. The van der Waals surface area contributed by atoms with Crippen molar-refractivity contribution >= 4 is 26.7 Å². The van der Waals surface area contributed by atoms with Gasteiger partial charge in [-0.3, -0.25) is 0 Å². The number of aromatic nitrogens is 1. The number of anilines is 1. The van der Waals surface area contributed by atoms with Crippen molar-refractivity contribution in [2.45, 2.75) is 13.5 Å². The topological polar surface area (TPSA) is 24.9 Å². The van der Waals surface area contributed by atoms with Gasteiger partial charge in [-0.1, -0.05) is 29.5 Å². The van der Waals surface area contributed by atoms with Crippen LogP contribution in [0, 0.1) is 12.7 Å².